The van der Waals surface area contributed by atoms with Crippen molar-refractivity contribution in [3.8, 4) is 0 Å². The Labute approximate surface area is 187 Å². The van der Waals surface area contributed by atoms with E-state index in [-0.39, 0.29) is 37.2 Å². The van der Waals surface area contributed by atoms with Crippen molar-refractivity contribution in [2.45, 2.75) is 64.3 Å². The molecule has 0 bridgehead atoms. The number of halogens is 1. The number of aromatic nitrogens is 2. The summed E-state index contributed by atoms with van der Waals surface area (Å²) in [4.78, 5) is 33.7. The molecule has 32 heavy (non-hydrogen) atoms. The van der Waals surface area contributed by atoms with E-state index in [1.54, 1.807) is 11.8 Å². The van der Waals surface area contributed by atoms with Crippen molar-refractivity contribution in [2.24, 2.45) is 11.8 Å². The number of hydrogen-bond acceptors (Lipinski definition) is 8. The first kappa shape index (κ1) is 24.1. The lowest BCUT2D eigenvalue weighted by Crippen LogP contribution is -2.43. The maximum Gasteiger partial charge on any atom is 0.243 e. The molecule has 178 valence electrons. The van der Waals surface area contributed by atoms with Gasteiger partial charge < -0.3 is 10.0 Å². The smallest absolute Gasteiger partial charge is 0.243 e. The predicted octanol–water partition coefficient (Wildman–Crippen LogP) is 1.76. The number of carbonyl (C=O) groups is 2. The number of nitrogens with one attached hydrogen (secondary N) is 2. The Hall–Kier alpha value is -2.53. The predicted molar refractivity (Wildman–Crippen MR) is 115 cm³/mol. The van der Waals surface area contributed by atoms with Crippen molar-refractivity contribution in [3.05, 3.63) is 11.6 Å². The summed E-state index contributed by atoms with van der Waals surface area (Å²) >= 11 is 0. The Bertz CT molecular complexity index is 792. The minimum Gasteiger partial charge on any atom is -0.394 e. The van der Waals surface area contributed by atoms with Crippen molar-refractivity contribution < 1.29 is 24.3 Å². The molecule has 2 heterocycles. The van der Waals surface area contributed by atoms with Gasteiger partial charge in [-0.05, 0) is 38.5 Å². The summed E-state index contributed by atoms with van der Waals surface area (Å²) in [6.07, 6.45) is 7.59. The van der Waals surface area contributed by atoms with Gasteiger partial charge >= 0.3 is 0 Å². The van der Waals surface area contributed by atoms with Gasteiger partial charge in [0.2, 0.25) is 18.1 Å². The van der Waals surface area contributed by atoms with Gasteiger partial charge in [0.25, 0.3) is 0 Å². The Morgan fingerprint density at radius 1 is 1.28 bits per heavy atom. The van der Waals surface area contributed by atoms with Gasteiger partial charge in [0.1, 0.15) is 5.82 Å². The number of hydroxylamine groups is 2. The standard InChI is InChI=1S/C21H33FN6O4/c1-14-23-19(18(22)20(24-14)28-9-5-4-8-17(28)12-29)25-26-21(31)16(11-27(32)13-30)10-15-6-2-3-7-15/h13,15-17,29,32H,2-12H2,1H3,(H,26,31)(H,23,24,25)/t16-,17+/m1/s1. The molecule has 1 aromatic rings. The van der Waals surface area contributed by atoms with Crippen LogP contribution in [0.25, 0.3) is 0 Å². The van der Waals surface area contributed by atoms with Crippen LogP contribution >= 0.6 is 0 Å². The quantitative estimate of drug-likeness (QED) is 0.240. The lowest BCUT2D eigenvalue weighted by molar-refractivity contribution is -0.154. The first-order valence-corrected chi connectivity index (χ1v) is 11.3. The lowest BCUT2D eigenvalue weighted by Gasteiger charge is -2.35. The Balaban J connectivity index is 1.71. The van der Waals surface area contributed by atoms with E-state index < -0.39 is 17.6 Å². The van der Waals surface area contributed by atoms with E-state index in [9.17, 15) is 19.9 Å². The fourth-order valence-electron chi connectivity index (χ4n) is 4.69. The number of hydrogen-bond donors (Lipinski definition) is 4. The molecule has 0 spiro atoms. The molecule has 1 aliphatic carbocycles. The van der Waals surface area contributed by atoms with Crippen molar-refractivity contribution in [1.82, 2.24) is 20.5 Å². The number of amides is 2. The van der Waals surface area contributed by atoms with Crippen LogP contribution in [0.15, 0.2) is 0 Å². The molecule has 0 aromatic carbocycles. The zero-order chi connectivity index (χ0) is 23.1. The van der Waals surface area contributed by atoms with Gasteiger partial charge in [-0.2, -0.15) is 4.39 Å². The highest BCUT2D eigenvalue weighted by Crippen LogP contribution is 2.31. The summed E-state index contributed by atoms with van der Waals surface area (Å²) in [5.41, 5.74) is 5.04. The molecule has 1 aliphatic heterocycles. The summed E-state index contributed by atoms with van der Waals surface area (Å²) in [5.74, 6) is -1.21. The molecule has 1 saturated carbocycles. The monoisotopic (exact) mass is 452 g/mol. The summed E-state index contributed by atoms with van der Waals surface area (Å²) in [7, 11) is 0. The third-order valence-corrected chi connectivity index (χ3v) is 6.35. The number of carbonyl (C=O) groups excluding carboxylic acids is 2. The number of anilines is 2. The molecule has 2 atom stereocenters. The molecule has 11 heteroatoms. The first-order valence-electron chi connectivity index (χ1n) is 11.3. The first-order chi connectivity index (χ1) is 15.4. The van der Waals surface area contributed by atoms with Gasteiger partial charge in [0, 0.05) is 6.54 Å². The molecule has 1 saturated heterocycles. The Kier molecular flexibility index (Phi) is 8.57. The second-order valence-corrected chi connectivity index (χ2v) is 8.71. The zero-order valence-electron chi connectivity index (χ0n) is 18.5. The zero-order valence-corrected chi connectivity index (χ0v) is 18.5. The van der Waals surface area contributed by atoms with Gasteiger partial charge in [-0.15, -0.1) is 0 Å². The van der Waals surface area contributed by atoms with Gasteiger partial charge in [0.05, 0.1) is 25.1 Å². The molecule has 0 radical (unpaired) electrons. The lowest BCUT2D eigenvalue weighted by atomic mass is 9.92. The average Bonchev–Trinajstić information content (AvgIpc) is 3.31. The number of rotatable bonds is 10. The number of aliphatic hydroxyl groups excluding tert-OH is 1. The minimum absolute atomic E-state index is 0.0954. The van der Waals surface area contributed by atoms with Crippen LogP contribution in [0.2, 0.25) is 0 Å². The molecule has 0 unspecified atom stereocenters. The number of nitrogens with zero attached hydrogens (tertiary/aromatic N) is 4. The van der Waals surface area contributed by atoms with Gasteiger partial charge in [0.15, 0.2) is 11.6 Å². The van der Waals surface area contributed by atoms with E-state index in [4.69, 9.17) is 0 Å². The summed E-state index contributed by atoms with van der Waals surface area (Å²) in [6.45, 7) is 1.96. The SMILES string of the molecule is Cc1nc(NNC(=O)[C@H](CC2CCCC2)CN(O)C=O)c(F)c(N2CCCC[C@H]2CO)n1. The van der Waals surface area contributed by atoms with Crippen LogP contribution in [0.5, 0.6) is 0 Å². The van der Waals surface area contributed by atoms with Crippen LogP contribution in [0, 0.1) is 24.6 Å². The average molecular weight is 453 g/mol. The van der Waals surface area contributed by atoms with Crippen LogP contribution < -0.4 is 15.8 Å². The molecule has 2 amide bonds. The van der Waals surface area contributed by atoms with Gasteiger partial charge in [-0.1, -0.05) is 25.7 Å². The molecular formula is C21H33FN6O4. The number of hydrazine groups is 1. The normalized spacial score (nSPS) is 20.1. The van der Waals surface area contributed by atoms with Crippen molar-refractivity contribution >= 4 is 24.0 Å². The fourth-order valence-corrected chi connectivity index (χ4v) is 4.69. The van der Waals surface area contributed by atoms with E-state index in [2.05, 4.69) is 20.8 Å². The van der Waals surface area contributed by atoms with E-state index in [1.165, 1.54) is 0 Å². The number of aliphatic hydroxyl groups is 1. The summed E-state index contributed by atoms with van der Waals surface area (Å²) in [6, 6.07) is -0.218. The third kappa shape index (κ3) is 6.04. The highest BCUT2D eigenvalue weighted by molar-refractivity contribution is 5.80. The van der Waals surface area contributed by atoms with E-state index in [1.807, 2.05) is 0 Å². The second-order valence-electron chi connectivity index (χ2n) is 8.71. The van der Waals surface area contributed by atoms with Crippen LogP contribution in [0.3, 0.4) is 0 Å². The summed E-state index contributed by atoms with van der Waals surface area (Å²) in [5, 5.41) is 19.7. The van der Waals surface area contributed by atoms with E-state index in [0.29, 0.717) is 29.8 Å². The Morgan fingerprint density at radius 3 is 2.69 bits per heavy atom. The topological polar surface area (TPSA) is 131 Å². The largest absolute Gasteiger partial charge is 0.394 e. The molecule has 2 fully saturated rings. The van der Waals surface area contributed by atoms with Crippen molar-refractivity contribution in [1.29, 1.82) is 0 Å². The maximum atomic E-state index is 15.2. The molecule has 10 nitrogen and oxygen atoms in total. The highest BCUT2D eigenvalue weighted by Gasteiger charge is 2.29. The van der Waals surface area contributed by atoms with Crippen LogP contribution in [-0.2, 0) is 9.59 Å². The van der Waals surface area contributed by atoms with Crippen molar-refractivity contribution in [2.75, 3.05) is 30.0 Å². The van der Waals surface area contributed by atoms with Crippen molar-refractivity contribution in [3.63, 3.8) is 0 Å². The van der Waals surface area contributed by atoms with Crippen LogP contribution in [0.4, 0.5) is 16.0 Å². The van der Waals surface area contributed by atoms with Gasteiger partial charge in [-0.3, -0.25) is 25.6 Å². The second kappa shape index (κ2) is 11.4. The number of aryl methyl sites for hydroxylation is 1. The fraction of sp³-hybridized carbons (Fsp3) is 0.714. The molecule has 1 aromatic heterocycles. The van der Waals surface area contributed by atoms with Crippen LogP contribution in [-0.4, -0.2) is 63.4 Å². The maximum absolute atomic E-state index is 15.2. The van der Waals surface area contributed by atoms with Gasteiger partial charge in [-0.25, -0.2) is 15.0 Å². The van der Waals surface area contributed by atoms with E-state index in [0.717, 1.165) is 44.9 Å². The number of piperidine rings is 1. The minimum atomic E-state index is -0.708. The Morgan fingerprint density at radius 2 is 2.00 bits per heavy atom. The third-order valence-electron chi connectivity index (χ3n) is 6.35. The summed E-state index contributed by atoms with van der Waals surface area (Å²) < 4.78 is 15.2. The van der Waals surface area contributed by atoms with Crippen LogP contribution in [0.1, 0.15) is 57.2 Å². The molecular weight excluding hydrogens is 419 g/mol. The molecule has 4 N–H and O–H groups in total. The molecule has 3 rings (SSSR count). The highest BCUT2D eigenvalue weighted by atomic mass is 19.1. The molecule has 2 aliphatic rings. The van der Waals surface area contributed by atoms with E-state index >= 15 is 4.39 Å².